The molecule has 0 rings (SSSR count). The summed E-state index contributed by atoms with van der Waals surface area (Å²) in [7, 11) is 0. The van der Waals surface area contributed by atoms with Crippen molar-refractivity contribution >= 4 is 42.2 Å². The van der Waals surface area contributed by atoms with Crippen LogP contribution in [0.2, 0.25) is 0 Å². The molecule has 17 heteroatoms. The van der Waals surface area contributed by atoms with Gasteiger partial charge in [0.2, 0.25) is 29.5 Å². The molecule has 11 N–H and O–H groups in total. The number of carbonyl (C=O) groups excluding carboxylic acids is 5. The van der Waals surface area contributed by atoms with Crippen molar-refractivity contribution in [3.05, 3.63) is 0 Å². The number of amides is 5. The van der Waals surface area contributed by atoms with E-state index in [1.807, 2.05) is 9.80 Å². The Hall–Kier alpha value is -2.54. The molecular weight excluding hydrogens is 626 g/mol. The average Bonchev–Trinajstić information content (AvgIpc) is 3.06. The Kier molecular flexibility index (Phi) is 29.1. The van der Waals surface area contributed by atoms with E-state index in [2.05, 4.69) is 51.0 Å². The Morgan fingerprint density at radius 1 is 0.447 bits per heavy atom. The standard InChI is InChI=1S/C30H63N11O5S/c1-2-16-39(17-3-26(42)34-11-8-31)22-14-37-29(45)6-20-41(24-25-47)21-7-30(46)38-15-23-40(18-4-27(43)35-12-9-32)19-5-28(44)36-13-10-33/h47H,2-25,31-33H2,1H3,(H,34,42)(H,35,43)(H,36,44)(H,37,45)(H,38,46). The molecule has 0 saturated heterocycles. The van der Waals surface area contributed by atoms with Gasteiger partial charge >= 0.3 is 0 Å². The van der Waals surface area contributed by atoms with Crippen molar-refractivity contribution in [1.29, 1.82) is 0 Å². The van der Waals surface area contributed by atoms with Crippen LogP contribution >= 0.6 is 12.6 Å². The number of nitrogens with zero attached hydrogens (tertiary/aromatic N) is 3. The molecule has 0 spiro atoms. The third kappa shape index (κ3) is 27.1. The summed E-state index contributed by atoms with van der Waals surface area (Å²) < 4.78 is 0. The molecular formula is C30H63N11O5S. The minimum Gasteiger partial charge on any atom is -0.355 e. The monoisotopic (exact) mass is 689 g/mol. The van der Waals surface area contributed by atoms with E-state index in [9.17, 15) is 24.0 Å². The molecule has 16 nitrogen and oxygen atoms in total. The summed E-state index contributed by atoms with van der Waals surface area (Å²) in [4.78, 5) is 67.2. The lowest BCUT2D eigenvalue weighted by atomic mass is 10.3. The van der Waals surface area contributed by atoms with Gasteiger partial charge in [0, 0.05) is 143 Å². The van der Waals surface area contributed by atoms with E-state index < -0.39 is 0 Å². The quantitative estimate of drug-likeness (QED) is 0.0326. The van der Waals surface area contributed by atoms with Gasteiger partial charge in [-0.05, 0) is 13.0 Å². The van der Waals surface area contributed by atoms with Crippen molar-refractivity contribution < 1.29 is 24.0 Å². The summed E-state index contributed by atoms with van der Waals surface area (Å²) >= 11 is 4.33. The zero-order chi connectivity index (χ0) is 35.1. The second kappa shape index (κ2) is 30.8. The van der Waals surface area contributed by atoms with Crippen molar-refractivity contribution in [3.8, 4) is 0 Å². The highest BCUT2D eigenvalue weighted by molar-refractivity contribution is 7.80. The maximum Gasteiger partial charge on any atom is 0.221 e. The second-order valence-electron chi connectivity index (χ2n) is 11.1. The molecule has 0 aliphatic rings. The topological polar surface area (TPSA) is 233 Å². The molecule has 0 aromatic rings. The van der Waals surface area contributed by atoms with Gasteiger partial charge in [-0.2, -0.15) is 12.6 Å². The molecule has 47 heavy (non-hydrogen) atoms. The first-order chi connectivity index (χ1) is 22.7. The zero-order valence-electron chi connectivity index (χ0n) is 28.5. The fourth-order valence-corrected chi connectivity index (χ4v) is 4.83. The molecule has 0 radical (unpaired) electrons. The summed E-state index contributed by atoms with van der Waals surface area (Å²) in [6.07, 6.45) is 2.43. The van der Waals surface area contributed by atoms with Crippen LogP contribution in [0, 0.1) is 0 Å². The highest BCUT2D eigenvalue weighted by Gasteiger charge is 2.14. The minimum atomic E-state index is -0.118. The van der Waals surface area contributed by atoms with Crippen LogP contribution < -0.4 is 43.8 Å². The normalized spacial score (nSPS) is 11.1. The predicted octanol–water partition coefficient (Wildman–Crippen LogP) is -3.36. The fourth-order valence-electron chi connectivity index (χ4n) is 4.55. The van der Waals surface area contributed by atoms with Crippen LogP contribution in [0.25, 0.3) is 0 Å². The van der Waals surface area contributed by atoms with E-state index in [-0.39, 0.29) is 48.8 Å². The van der Waals surface area contributed by atoms with Crippen molar-refractivity contribution in [2.24, 2.45) is 17.2 Å². The number of nitrogens with one attached hydrogen (secondary N) is 5. The molecule has 0 aromatic carbocycles. The molecule has 0 aromatic heterocycles. The van der Waals surface area contributed by atoms with Crippen LogP contribution in [-0.4, -0.2) is 161 Å². The van der Waals surface area contributed by atoms with Crippen LogP contribution in [0.3, 0.4) is 0 Å². The number of carbonyl (C=O) groups is 5. The van der Waals surface area contributed by atoms with E-state index in [0.717, 1.165) is 13.0 Å². The lowest BCUT2D eigenvalue weighted by Crippen LogP contribution is -2.41. The largest absolute Gasteiger partial charge is 0.355 e. The number of thiol groups is 1. The van der Waals surface area contributed by atoms with Crippen LogP contribution in [0.5, 0.6) is 0 Å². The molecule has 274 valence electrons. The van der Waals surface area contributed by atoms with Crippen molar-refractivity contribution in [2.75, 3.05) is 117 Å². The molecule has 0 fully saturated rings. The number of hydrogen-bond donors (Lipinski definition) is 9. The van der Waals surface area contributed by atoms with Gasteiger partial charge in [0.25, 0.3) is 0 Å². The van der Waals surface area contributed by atoms with Gasteiger partial charge in [0.05, 0.1) is 0 Å². The number of rotatable bonds is 31. The SMILES string of the molecule is CCCN(CCNC(=O)CCN(CCS)CCC(=O)NCCN(CCC(=O)NCCN)CCC(=O)NCCN)CCC(=O)NCCN. The fraction of sp³-hybridized carbons (Fsp3) is 0.833. The summed E-state index contributed by atoms with van der Waals surface area (Å²) in [6.45, 7) is 10.5. The lowest BCUT2D eigenvalue weighted by Gasteiger charge is -2.23. The predicted molar refractivity (Wildman–Crippen MR) is 189 cm³/mol. The highest BCUT2D eigenvalue weighted by Crippen LogP contribution is 1.99. The van der Waals surface area contributed by atoms with E-state index in [4.69, 9.17) is 17.2 Å². The molecule has 0 heterocycles. The number of hydrogen-bond acceptors (Lipinski definition) is 12. The summed E-state index contributed by atoms with van der Waals surface area (Å²) in [6, 6.07) is 0. The maximum atomic E-state index is 12.6. The first-order valence-electron chi connectivity index (χ1n) is 16.9. The van der Waals surface area contributed by atoms with Gasteiger partial charge in [0.15, 0.2) is 0 Å². The van der Waals surface area contributed by atoms with Gasteiger partial charge in [0.1, 0.15) is 0 Å². The van der Waals surface area contributed by atoms with Gasteiger partial charge in [-0.1, -0.05) is 6.92 Å². The van der Waals surface area contributed by atoms with Crippen LogP contribution in [0.4, 0.5) is 0 Å². The minimum absolute atomic E-state index is 0.0270. The first kappa shape index (κ1) is 44.5. The highest BCUT2D eigenvalue weighted by atomic mass is 32.1. The summed E-state index contributed by atoms with van der Waals surface area (Å²) in [5.74, 6) is 0.154. The smallest absolute Gasteiger partial charge is 0.221 e. The first-order valence-corrected chi connectivity index (χ1v) is 17.5. The molecule has 0 saturated carbocycles. The van der Waals surface area contributed by atoms with Crippen LogP contribution in [-0.2, 0) is 24.0 Å². The molecule has 5 amide bonds. The Labute approximate surface area is 286 Å². The molecule has 0 bridgehead atoms. The zero-order valence-corrected chi connectivity index (χ0v) is 29.4. The van der Waals surface area contributed by atoms with Crippen molar-refractivity contribution in [2.45, 2.75) is 45.4 Å². The van der Waals surface area contributed by atoms with E-state index >= 15 is 0 Å². The molecule has 0 atom stereocenters. The average molecular weight is 690 g/mol. The molecule has 0 unspecified atom stereocenters. The Morgan fingerprint density at radius 2 is 0.723 bits per heavy atom. The number of nitrogens with two attached hydrogens (primary N) is 3. The van der Waals surface area contributed by atoms with E-state index in [0.29, 0.717) is 123 Å². The van der Waals surface area contributed by atoms with Gasteiger partial charge in [-0.25, -0.2) is 0 Å². The third-order valence-electron chi connectivity index (χ3n) is 7.13. The van der Waals surface area contributed by atoms with Gasteiger partial charge in [-0.15, -0.1) is 0 Å². The van der Waals surface area contributed by atoms with Crippen molar-refractivity contribution in [1.82, 2.24) is 41.3 Å². The van der Waals surface area contributed by atoms with Crippen molar-refractivity contribution in [3.63, 3.8) is 0 Å². The maximum absolute atomic E-state index is 12.6. The summed E-state index contributed by atoms with van der Waals surface area (Å²) in [5.41, 5.74) is 16.3. The van der Waals surface area contributed by atoms with Gasteiger partial charge in [-0.3, -0.25) is 24.0 Å². The summed E-state index contributed by atoms with van der Waals surface area (Å²) in [5, 5.41) is 14.1. The second-order valence-corrected chi connectivity index (χ2v) is 11.6. The van der Waals surface area contributed by atoms with Gasteiger partial charge < -0.3 is 58.5 Å². The van der Waals surface area contributed by atoms with E-state index in [1.165, 1.54) is 0 Å². The Balaban J connectivity index is 4.56. The van der Waals surface area contributed by atoms with E-state index in [1.54, 1.807) is 0 Å². The molecule has 0 aliphatic heterocycles. The van der Waals surface area contributed by atoms with Crippen LogP contribution in [0.15, 0.2) is 0 Å². The Morgan fingerprint density at radius 3 is 1.00 bits per heavy atom. The third-order valence-corrected chi connectivity index (χ3v) is 7.33. The lowest BCUT2D eigenvalue weighted by molar-refractivity contribution is -0.123. The molecule has 0 aliphatic carbocycles. The van der Waals surface area contributed by atoms with Crippen LogP contribution in [0.1, 0.15) is 45.4 Å². The Bertz CT molecular complexity index is 848.